The molecule has 1 unspecified atom stereocenters. The Morgan fingerprint density at radius 2 is 1.60 bits per heavy atom. The summed E-state index contributed by atoms with van der Waals surface area (Å²) < 4.78 is 0. The molecule has 2 amide bonds. The van der Waals surface area contributed by atoms with Crippen molar-refractivity contribution in [3.05, 3.63) is 0 Å². The van der Waals surface area contributed by atoms with Gasteiger partial charge in [-0.15, -0.1) is 0 Å². The van der Waals surface area contributed by atoms with Crippen LogP contribution in [0.1, 0.15) is 44.9 Å². The van der Waals surface area contributed by atoms with Crippen molar-refractivity contribution < 1.29 is 9.59 Å². The molecule has 4 saturated carbocycles. The van der Waals surface area contributed by atoms with Gasteiger partial charge in [0, 0.05) is 19.5 Å². The summed E-state index contributed by atoms with van der Waals surface area (Å²) in [6, 6.07) is 0.401. The molecule has 0 aromatic carbocycles. The highest BCUT2D eigenvalue weighted by Gasteiger charge is 2.49. The van der Waals surface area contributed by atoms with Gasteiger partial charge in [-0.3, -0.25) is 14.5 Å². The highest BCUT2D eigenvalue weighted by atomic mass is 16.2. The Morgan fingerprint density at radius 1 is 1.00 bits per heavy atom. The first-order valence-electron chi connectivity index (χ1n) is 8.18. The molecular formula is C16H24N2O2. The molecule has 5 fully saturated rings. The number of hydrogen-bond donors (Lipinski definition) is 1. The quantitative estimate of drug-likeness (QED) is 0.779. The van der Waals surface area contributed by atoms with Crippen LogP contribution >= 0.6 is 0 Å². The first-order valence-corrected chi connectivity index (χ1v) is 8.18. The van der Waals surface area contributed by atoms with Gasteiger partial charge in [0.25, 0.3) is 0 Å². The molecule has 0 aromatic heterocycles. The summed E-state index contributed by atoms with van der Waals surface area (Å²) in [6.07, 6.45) is 8.10. The van der Waals surface area contributed by atoms with Crippen molar-refractivity contribution in [2.75, 3.05) is 7.05 Å². The molecule has 5 aliphatic rings. The SMILES string of the molecule is CN1C(=O)CCC(NC2C3CC4CC(C3)CC2C4)C1=O. The van der Waals surface area contributed by atoms with Gasteiger partial charge in [-0.05, 0) is 62.2 Å². The molecule has 1 atom stereocenters. The van der Waals surface area contributed by atoms with E-state index in [-0.39, 0.29) is 17.9 Å². The van der Waals surface area contributed by atoms with E-state index < -0.39 is 0 Å². The molecule has 4 aliphatic carbocycles. The number of nitrogens with zero attached hydrogens (tertiary/aromatic N) is 1. The number of imide groups is 1. The lowest BCUT2D eigenvalue weighted by atomic mass is 9.54. The zero-order chi connectivity index (χ0) is 13.9. The van der Waals surface area contributed by atoms with Crippen LogP contribution in [-0.2, 0) is 9.59 Å². The van der Waals surface area contributed by atoms with Crippen molar-refractivity contribution in [2.24, 2.45) is 23.7 Å². The number of rotatable bonds is 2. The maximum absolute atomic E-state index is 12.2. The van der Waals surface area contributed by atoms with Gasteiger partial charge in [-0.1, -0.05) is 0 Å². The molecule has 0 aromatic rings. The summed E-state index contributed by atoms with van der Waals surface area (Å²) in [7, 11) is 1.62. The lowest BCUT2D eigenvalue weighted by Gasteiger charge is -2.55. The Kier molecular flexibility index (Phi) is 2.92. The van der Waals surface area contributed by atoms with E-state index in [9.17, 15) is 9.59 Å². The molecule has 5 rings (SSSR count). The van der Waals surface area contributed by atoms with Crippen molar-refractivity contribution in [3.63, 3.8) is 0 Å². The normalized spacial score (nSPS) is 47.1. The number of amides is 2. The maximum atomic E-state index is 12.2. The summed E-state index contributed by atoms with van der Waals surface area (Å²) in [4.78, 5) is 25.1. The number of likely N-dealkylation sites (N-methyl/N-ethyl adjacent to an activating group) is 1. The minimum Gasteiger partial charge on any atom is -0.302 e. The zero-order valence-electron chi connectivity index (χ0n) is 12.2. The van der Waals surface area contributed by atoms with Crippen molar-refractivity contribution in [3.8, 4) is 0 Å². The number of nitrogens with one attached hydrogen (secondary N) is 1. The third-order valence-corrected chi connectivity index (χ3v) is 6.27. The van der Waals surface area contributed by atoms with Gasteiger partial charge >= 0.3 is 0 Å². The van der Waals surface area contributed by atoms with Crippen molar-refractivity contribution in [2.45, 2.75) is 57.0 Å². The third kappa shape index (κ3) is 1.92. The predicted molar refractivity (Wildman–Crippen MR) is 74.8 cm³/mol. The second-order valence-corrected chi connectivity index (χ2v) is 7.51. The fourth-order valence-electron chi connectivity index (χ4n) is 5.50. The summed E-state index contributed by atoms with van der Waals surface area (Å²) in [5.41, 5.74) is 0. The monoisotopic (exact) mass is 276 g/mol. The first-order chi connectivity index (χ1) is 9.61. The molecule has 1 N–H and O–H groups in total. The van der Waals surface area contributed by atoms with E-state index >= 15 is 0 Å². The number of hydrogen-bond acceptors (Lipinski definition) is 3. The minimum atomic E-state index is -0.125. The number of piperidine rings is 1. The van der Waals surface area contributed by atoms with E-state index in [4.69, 9.17) is 0 Å². The molecule has 110 valence electrons. The van der Waals surface area contributed by atoms with Crippen LogP contribution in [0.25, 0.3) is 0 Å². The van der Waals surface area contributed by atoms with Gasteiger partial charge in [0.05, 0.1) is 6.04 Å². The van der Waals surface area contributed by atoms with Crippen LogP contribution in [0.3, 0.4) is 0 Å². The standard InChI is InChI=1S/C16H24N2O2/c1-18-14(19)3-2-13(16(18)20)17-15-11-5-9-4-10(7-11)8-12(15)6-9/h9-13,15,17H,2-8H2,1H3. The van der Waals surface area contributed by atoms with Crippen molar-refractivity contribution >= 4 is 11.8 Å². The predicted octanol–water partition coefficient (Wildman–Crippen LogP) is 1.55. The Balaban J connectivity index is 1.47. The summed E-state index contributed by atoms with van der Waals surface area (Å²) in [5.74, 6) is 3.43. The van der Waals surface area contributed by atoms with Crippen LogP contribution in [0.5, 0.6) is 0 Å². The van der Waals surface area contributed by atoms with Crippen molar-refractivity contribution in [1.82, 2.24) is 10.2 Å². The zero-order valence-corrected chi connectivity index (χ0v) is 12.2. The first kappa shape index (κ1) is 12.8. The maximum Gasteiger partial charge on any atom is 0.246 e. The van der Waals surface area contributed by atoms with Crippen LogP contribution in [0, 0.1) is 23.7 Å². The second kappa shape index (κ2) is 4.55. The topological polar surface area (TPSA) is 49.4 Å². The van der Waals surface area contributed by atoms with E-state index in [1.165, 1.54) is 37.0 Å². The van der Waals surface area contributed by atoms with E-state index in [1.54, 1.807) is 7.05 Å². The Hall–Kier alpha value is -0.900. The lowest BCUT2D eigenvalue weighted by molar-refractivity contribution is -0.148. The smallest absolute Gasteiger partial charge is 0.246 e. The summed E-state index contributed by atoms with van der Waals surface area (Å²) in [6.45, 7) is 0. The largest absolute Gasteiger partial charge is 0.302 e. The molecule has 1 saturated heterocycles. The molecular weight excluding hydrogens is 252 g/mol. The molecule has 4 heteroatoms. The van der Waals surface area contributed by atoms with Crippen molar-refractivity contribution in [1.29, 1.82) is 0 Å². The fraction of sp³-hybridized carbons (Fsp3) is 0.875. The van der Waals surface area contributed by atoms with Gasteiger partial charge in [0.2, 0.25) is 11.8 Å². The highest BCUT2D eigenvalue weighted by Crippen LogP contribution is 2.53. The number of likely N-dealkylation sites (tertiary alicyclic amines) is 1. The van der Waals surface area contributed by atoms with Crippen LogP contribution in [0.4, 0.5) is 0 Å². The Bertz CT molecular complexity index is 420. The Labute approximate surface area is 120 Å². The van der Waals surface area contributed by atoms with Crippen LogP contribution in [0.15, 0.2) is 0 Å². The van der Waals surface area contributed by atoms with Gasteiger partial charge in [0.1, 0.15) is 0 Å². The molecule has 0 radical (unpaired) electrons. The van der Waals surface area contributed by atoms with Crippen LogP contribution < -0.4 is 5.32 Å². The minimum absolute atomic E-state index is 0.0185. The molecule has 4 bridgehead atoms. The highest BCUT2D eigenvalue weighted by molar-refractivity contribution is 6.00. The average molecular weight is 276 g/mol. The van der Waals surface area contributed by atoms with E-state index in [0.717, 1.165) is 23.7 Å². The lowest BCUT2D eigenvalue weighted by Crippen LogP contribution is -2.61. The molecule has 1 aliphatic heterocycles. The van der Waals surface area contributed by atoms with Crippen LogP contribution in [-0.4, -0.2) is 35.8 Å². The van der Waals surface area contributed by atoms with Gasteiger partial charge < -0.3 is 5.32 Å². The van der Waals surface area contributed by atoms with Gasteiger partial charge in [0.15, 0.2) is 0 Å². The Morgan fingerprint density at radius 3 is 2.20 bits per heavy atom. The summed E-state index contributed by atoms with van der Waals surface area (Å²) in [5, 5.41) is 3.66. The van der Waals surface area contributed by atoms with Gasteiger partial charge in [-0.25, -0.2) is 0 Å². The van der Waals surface area contributed by atoms with E-state index in [0.29, 0.717) is 18.9 Å². The van der Waals surface area contributed by atoms with E-state index in [1.807, 2.05) is 0 Å². The molecule has 4 nitrogen and oxygen atoms in total. The molecule has 1 heterocycles. The van der Waals surface area contributed by atoms with E-state index in [2.05, 4.69) is 5.32 Å². The van der Waals surface area contributed by atoms with Crippen LogP contribution in [0.2, 0.25) is 0 Å². The number of carbonyl (C=O) groups is 2. The number of carbonyl (C=O) groups excluding carboxylic acids is 2. The fourth-order valence-corrected chi connectivity index (χ4v) is 5.50. The third-order valence-electron chi connectivity index (χ3n) is 6.27. The van der Waals surface area contributed by atoms with Gasteiger partial charge in [-0.2, -0.15) is 0 Å². The second-order valence-electron chi connectivity index (χ2n) is 7.51. The average Bonchev–Trinajstić information content (AvgIpc) is 2.42. The molecule has 20 heavy (non-hydrogen) atoms. The summed E-state index contributed by atoms with van der Waals surface area (Å²) >= 11 is 0. The molecule has 0 spiro atoms.